The van der Waals surface area contributed by atoms with E-state index in [1.807, 2.05) is 11.8 Å². The first-order valence-corrected chi connectivity index (χ1v) is 5.64. The fourth-order valence-corrected chi connectivity index (χ4v) is 1.97. The summed E-state index contributed by atoms with van der Waals surface area (Å²) in [6.45, 7) is 7.68. The third-order valence-electron chi connectivity index (χ3n) is 2.55. The zero-order chi connectivity index (χ0) is 9.03. The summed E-state index contributed by atoms with van der Waals surface area (Å²) in [4.78, 5) is 4.39. The molecule has 0 aromatic rings. The van der Waals surface area contributed by atoms with E-state index in [9.17, 15) is 0 Å². The van der Waals surface area contributed by atoms with Crippen LogP contribution in [0.15, 0.2) is 4.99 Å². The van der Waals surface area contributed by atoms with Crippen LogP contribution in [0.4, 0.5) is 0 Å². The van der Waals surface area contributed by atoms with Gasteiger partial charge in [-0.3, -0.25) is 4.99 Å². The van der Waals surface area contributed by atoms with Gasteiger partial charge in [-0.2, -0.15) is 0 Å². The van der Waals surface area contributed by atoms with Crippen molar-refractivity contribution in [2.75, 3.05) is 12.3 Å². The SMILES string of the molecule is CCC(C)(CC)NC1=NCCS1. The van der Waals surface area contributed by atoms with Gasteiger partial charge < -0.3 is 5.32 Å². The summed E-state index contributed by atoms with van der Waals surface area (Å²) < 4.78 is 0. The minimum atomic E-state index is 0.246. The second-order valence-electron chi connectivity index (χ2n) is 3.43. The zero-order valence-corrected chi connectivity index (χ0v) is 9.00. The van der Waals surface area contributed by atoms with Gasteiger partial charge in [0.05, 0.1) is 6.54 Å². The van der Waals surface area contributed by atoms with E-state index in [-0.39, 0.29) is 5.54 Å². The Morgan fingerprint density at radius 3 is 2.58 bits per heavy atom. The molecule has 0 fully saturated rings. The number of amidine groups is 1. The molecule has 1 heterocycles. The molecule has 2 nitrogen and oxygen atoms in total. The Morgan fingerprint density at radius 1 is 1.50 bits per heavy atom. The number of hydrogen-bond donors (Lipinski definition) is 1. The quantitative estimate of drug-likeness (QED) is 0.731. The van der Waals surface area contributed by atoms with Crippen LogP contribution in [0.3, 0.4) is 0 Å². The lowest BCUT2D eigenvalue weighted by atomic mass is 9.96. The first-order chi connectivity index (χ1) is 5.70. The van der Waals surface area contributed by atoms with Gasteiger partial charge in [-0.25, -0.2) is 0 Å². The van der Waals surface area contributed by atoms with Gasteiger partial charge in [0.2, 0.25) is 0 Å². The van der Waals surface area contributed by atoms with Gasteiger partial charge in [0.15, 0.2) is 5.17 Å². The predicted octanol–water partition coefficient (Wildman–Crippen LogP) is 2.26. The van der Waals surface area contributed by atoms with Crippen LogP contribution in [0.25, 0.3) is 0 Å². The Balaban J connectivity index is 2.46. The van der Waals surface area contributed by atoms with Crippen molar-refractivity contribution >= 4 is 16.9 Å². The number of thioether (sulfide) groups is 1. The molecule has 1 aliphatic rings. The number of aliphatic imine (C=N–C) groups is 1. The number of nitrogens with one attached hydrogen (secondary N) is 1. The Kier molecular flexibility index (Phi) is 3.44. The van der Waals surface area contributed by atoms with Crippen LogP contribution >= 0.6 is 11.8 Å². The molecule has 0 atom stereocenters. The van der Waals surface area contributed by atoms with Crippen LogP contribution in [-0.2, 0) is 0 Å². The molecule has 70 valence electrons. The minimum absolute atomic E-state index is 0.246. The summed E-state index contributed by atoms with van der Waals surface area (Å²) in [6, 6.07) is 0. The Bertz CT molecular complexity index is 173. The van der Waals surface area contributed by atoms with Crippen molar-refractivity contribution in [1.82, 2.24) is 5.32 Å². The molecule has 1 N–H and O–H groups in total. The van der Waals surface area contributed by atoms with Crippen LogP contribution in [-0.4, -0.2) is 23.0 Å². The van der Waals surface area contributed by atoms with Gasteiger partial charge in [0.1, 0.15) is 0 Å². The van der Waals surface area contributed by atoms with Crippen LogP contribution in [0.2, 0.25) is 0 Å². The highest BCUT2D eigenvalue weighted by Gasteiger charge is 2.21. The molecular weight excluding hydrogens is 168 g/mol. The molecule has 0 amide bonds. The highest BCUT2D eigenvalue weighted by molar-refractivity contribution is 8.14. The van der Waals surface area contributed by atoms with Crippen LogP contribution < -0.4 is 5.32 Å². The van der Waals surface area contributed by atoms with E-state index in [1.54, 1.807) is 0 Å². The van der Waals surface area contributed by atoms with Crippen molar-refractivity contribution < 1.29 is 0 Å². The standard InChI is InChI=1S/C9H18N2S/c1-4-9(3,5-2)11-8-10-6-7-12-8/h4-7H2,1-3H3,(H,10,11). The summed E-state index contributed by atoms with van der Waals surface area (Å²) in [5, 5.41) is 4.64. The van der Waals surface area contributed by atoms with Crippen LogP contribution in [0.1, 0.15) is 33.6 Å². The van der Waals surface area contributed by atoms with Crippen molar-refractivity contribution in [3.63, 3.8) is 0 Å². The zero-order valence-electron chi connectivity index (χ0n) is 8.18. The molecular formula is C9H18N2S. The van der Waals surface area contributed by atoms with E-state index in [2.05, 4.69) is 31.1 Å². The normalized spacial score (nSPS) is 17.8. The predicted molar refractivity (Wildman–Crippen MR) is 56.9 cm³/mol. The molecule has 0 aliphatic carbocycles. The third kappa shape index (κ3) is 2.41. The topological polar surface area (TPSA) is 24.4 Å². The van der Waals surface area contributed by atoms with Crippen LogP contribution in [0.5, 0.6) is 0 Å². The summed E-state index contributed by atoms with van der Waals surface area (Å²) in [5.41, 5.74) is 0.246. The van der Waals surface area contributed by atoms with E-state index in [0.717, 1.165) is 30.3 Å². The van der Waals surface area contributed by atoms with Gasteiger partial charge >= 0.3 is 0 Å². The number of nitrogens with zero attached hydrogens (tertiary/aromatic N) is 1. The summed E-state index contributed by atoms with van der Waals surface area (Å²) in [6.07, 6.45) is 2.31. The van der Waals surface area contributed by atoms with Crippen molar-refractivity contribution in [3.8, 4) is 0 Å². The Hall–Kier alpha value is -0.180. The van der Waals surface area contributed by atoms with E-state index >= 15 is 0 Å². The van der Waals surface area contributed by atoms with Crippen molar-refractivity contribution in [3.05, 3.63) is 0 Å². The maximum Gasteiger partial charge on any atom is 0.157 e. The molecule has 0 bridgehead atoms. The second kappa shape index (κ2) is 4.17. The van der Waals surface area contributed by atoms with Gasteiger partial charge in [-0.1, -0.05) is 25.6 Å². The average Bonchev–Trinajstić information content (AvgIpc) is 2.57. The van der Waals surface area contributed by atoms with Crippen molar-refractivity contribution in [2.45, 2.75) is 39.2 Å². The van der Waals surface area contributed by atoms with E-state index in [0.29, 0.717) is 0 Å². The number of hydrogen-bond acceptors (Lipinski definition) is 3. The maximum absolute atomic E-state index is 4.39. The molecule has 1 aliphatic heterocycles. The smallest absolute Gasteiger partial charge is 0.157 e. The lowest BCUT2D eigenvalue weighted by Crippen LogP contribution is -2.43. The molecule has 0 aromatic heterocycles. The highest BCUT2D eigenvalue weighted by atomic mass is 32.2. The monoisotopic (exact) mass is 186 g/mol. The summed E-state index contributed by atoms with van der Waals surface area (Å²) >= 11 is 1.84. The average molecular weight is 186 g/mol. The summed E-state index contributed by atoms with van der Waals surface area (Å²) in [5.74, 6) is 1.14. The van der Waals surface area contributed by atoms with E-state index < -0.39 is 0 Å². The van der Waals surface area contributed by atoms with E-state index in [4.69, 9.17) is 0 Å². The Morgan fingerprint density at radius 2 is 2.17 bits per heavy atom. The highest BCUT2D eigenvalue weighted by Crippen LogP contribution is 2.18. The Labute approximate surface area is 79.2 Å². The fourth-order valence-electron chi connectivity index (χ4n) is 1.10. The van der Waals surface area contributed by atoms with Gasteiger partial charge in [-0.05, 0) is 19.8 Å². The van der Waals surface area contributed by atoms with Crippen molar-refractivity contribution in [2.24, 2.45) is 4.99 Å². The lowest BCUT2D eigenvalue weighted by Gasteiger charge is -2.28. The van der Waals surface area contributed by atoms with Crippen molar-refractivity contribution in [1.29, 1.82) is 0 Å². The molecule has 0 saturated heterocycles. The first kappa shape index (κ1) is 9.90. The molecule has 0 aromatic carbocycles. The molecule has 0 unspecified atom stereocenters. The first-order valence-electron chi connectivity index (χ1n) is 4.65. The fraction of sp³-hybridized carbons (Fsp3) is 0.889. The molecule has 0 radical (unpaired) electrons. The largest absolute Gasteiger partial charge is 0.360 e. The molecule has 0 spiro atoms. The second-order valence-corrected chi connectivity index (χ2v) is 4.51. The van der Waals surface area contributed by atoms with Gasteiger partial charge in [0, 0.05) is 11.3 Å². The summed E-state index contributed by atoms with van der Waals surface area (Å²) in [7, 11) is 0. The molecule has 0 saturated carbocycles. The lowest BCUT2D eigenvalue weighted by molar-refractivity contribution is 0.391. The third-order valence-corrected chi connectivity index (χ3v) is 3.45. The number of rotatable bonds is 3. The van der Waals surface area contributed by atoms with Crippen LogP contribution in [0, 0.1) is 0 Å². The van der Waals surface area contributed by atoms with Gasteiger partial charge in [-0.15, -0.1) is 0 Å². The maximum atomic E-state index is 4.39. The molecule has 12 heavy (non-hydrogen) atoms. The minimum Gasteiger partial charge on any atom is -0.360 e. The van der Waals surface area contributed by atoms with E-state index in [1.165, 1.54) is 0 Å². The molecule has 1 rings (SSSR count). The van der Waals surface area contributed by atoms with Gasteiger partial charge in [0.25, 0.3) is 0 Å². The molecule has 3 heteroatoms.